The number of nitriles is 1. The van der Waals surface area contributed by atoms with E-state index in [1.165, 1.54) is 0 Å². The van der Waals surface area contributed by atoms with E-state index in [2.05, 4.69) is 15.3 Å². The first-order valence-electron chi connectivity index (χ1n) is 8.62. The van der Waals surface area contributed by atoms with Gasteiger partial charge in [-0.1, -0.05) is 59.8 Å². The van der Waals surface area contributed by atoms with Crippen molar-refractivity contribution in [2.45, 2.75) is 24.3 Å². The standard InChI is InChI=1S/C21H18N4O2S/c1-13-8-10-15(11-9-13)18-17(12-22)20(27)25-21(24-18)28-14(2)19(26)23-16-6-4-3-5-7-16/h3-11,14H,1-2H3,(H,23,26)(H,24,25,27)/t14-/m1/s1. The number of nitrogens with zero attached hydrogens (tertiary/aromatic N) is 2. The van der Waals surface area contributed by atoms with Gasteiger partial charge in [0.25, 0.3) is 5.56 Å². The fraction of sp³-hybridized carbons (Fsp3) is 0.143. The van der Waals surface area contributed by atoms with Crippen molar-refractivity contribution >= 4 is 23.4 Å². The van der Waals surface area contributed by atoms with Crippen molar-refractivity contribution in [3.8, 4) is 17.3 Å². The van der Waals surface area contributed by atoms with Crippen LogP contribution in [0.25, 0.3) is 11.3 Å². The molecular weight excluding hydrogens is 372 g/mol. The number of carbonyl (C=O) groups excluding carboxylic acids is 1. The van der Waals surface area contributed by atoms with Gasteiger partial charge in [-0.15, -0.1) is 0 Å². The summed E-state index contributed by atoms with van der Waals surface area (Å²) in [5.41, 5.74) is 2.18. The first-order chi connectivity index (χ1) is 13.5. The minimum absolute atomic E-state index is 0.0467. The summed E-state index contributed by atoms with van der Waals surface area (Å²) in [6, 6.07) is 18.5. The SMILES string of the molecule is Cc1ccc(-c2nc(S[C@H](C)C(=O)Nc3ccccc3)[nH]c(=O)c2C#N)cc1. The molecule has 0 unspecified atom stereocenters. The quantitative estimate of drug-likeness (QED) is 0.511. The van der Waals surface area contributed by atoms with Crippen LogP contribution in [0.1, 0.15) is 18.1 Å². The maximum atomic E-state index is 12.4. The average molecular weight is 390 g/mol. The zero-order valence-corrected chi connectivity index (χ0v) is 16.2. The maximum Gasteiger partial charge on any atom is 0.270 e. The molecule has 0 aliphatic carbocycles. The van der Waals surface area contributed by atoms with Crippen molar-refractivity contribution in [1.82, 2.24) is 9.97 Å². The molecule has 0 saturated carbocycles. The Hall–Kier alpha value is -3.37. The van der Waals surface area contributed by atoms with E-state index in [1.807, 2.05) is 55.5 Å². The van der Waals surface area contributed by atoms with Crippen molar-refractivity contribution in [3.05, 3.63) is 76.1 Å². The summed E-state index contributed by atoms with van der Waals surface area (Å²) in [6.07, 6.45) is 0. The monoisotopic (exact) mass is 390 g/mol. The molecule has 1 amide bonds. The number of hydrogen-bond acceptors (Lipinski definition) is 5. The first-order valence-corrected chi connectivity index (χ1v) is 9.50. The summed E-state index contributed by atoms with van der Waals surface area (Å²) in [5.74, 6) is -0.208. The summed E-state index contributed by atoms with van der Waals surface area (Å²) in [6.45, 7) is 3.68. The number of rotatable bonds is 5. The maximum absolute atomic E-state index is 12.4. The molecule has 1 atom stereocenters. The lowest BCUT2D eigenvalue weighted by Crippen LogP contribution is -2.23. The third-order valence-electron chi connectivity index (χ3n) is 4.03. The van der Waals surface area contributed by atoms with Crippen molar-refractivity contribution < 1.29 is 4.79 Å². The molecule has 1 heterocycles. The predicted octanol–water partition coefficient (Wildman–Crippen LogP) is 3.74. The smallest absolute Gasteiger partial charge is 0.270 e. The van der Waals surface area contributed by atoms with E-state index in [4.69, 9.17) is 0 Å². The lowest BCUT2D eigenvalue weighted by Gasteiger charge is -2.12. The minimum atomic E-state index is -0.522. The van der Waals surface area contributed by atoms with Crippen LogP contribution in [0, 0.1) is 18.3 Å². The summed E-state index contributed by atoms with van der Waals surface area (Å²) in [5, 5.41) is 12.0. The molecule has 0 bridgehead atoms. The van der Waals surface area contributed by atoms with E-state index in [0.29, 0.717) is 16.9 Å². The second kappa shape index (κ2) is 8.55. The average Bonchev–Trinajstić information content (AvgIpc) is 2.69. The molecule has 0 aliphatic rings. The molecule has 0 saturated heterocycles. The van der Waals surface area contributed by atoms with Gasteiger partial charge in [0.15, 0.2) is 5.16 Å². The second-order valence-electron chi connectivity index (χ2n) is 6.19. The number of thioether (sulfide) groups is 1. The molecule has 3 aromatic rings. The minimum Gasteiger partial charge on any atom is -0.325 e. The Morgan fingerprint density at radius 1 is 1.18 bits per heavy atom. The van der Waals surface area contributed by atoms with Crippen LogP contribution in [0.2, 0.25) is 0 Å². The second-order valence-corrected chi connectivity index (χ2v) is 7.52. The number of nitrogens with one attached hydrogen (secondary N) is 2. The van der Waals surface area contributed by atoms with Crippen LogP contribution in [-0.2, 0) is 4.79 Å². The third kappa shape index (κ3) is 4.48. The number of anilines is 1. The van der Waals surface area contributed by atoms with Gasteiger partial charge in [-0.05, 0) is 26.0 Å². The molecule has 7 heteroatoms. The number of H-pyrrole nitrogens is 1. The van der Waals surface area contributed by atoms with E-state index in [1.54, 1.807) is 19.1 Å². The number of aromatic nitrogens is 2. The number of benzene rings is 2. The Morgan fingerprint density at radius 3 is 2.50 bits per heavy atom. The molecule has 28 heavy (non-hydrogen) atoms. The van der Waals surface area contributed by atoms with Crippen LogP contribution in [-0.4, -0.2) is 21.1 Å². The highest BCUT2D eigenvalue weighted by Gasteiger charge is 2.19. The summed E-state index contributed by atoms with van der Waals surface area (Å²) >= 11 is 1.13. The number of aromatic amines is 1. The van der Waals surface area contributed by atoms with Gasteiger partial charge in [0, 0.05) is 11.3 Å². The number of para-hydroxylation sites is 1. The van der Waals surface area contributed by atoms with Crippen LogP contribution in [0.4, 0.5) is 5.69 Å². The van der Waals surface area contributed by atoms with Crippen LogP contribution in [0.3, 0.4) is 0 Å². The molecule has 3 rings (SSSR count). The molecule has 1 aromatic heterocycles. The molecule has 6 nitrogen and oxygen atoms in total. The van der Waals surface area contributed by atoms with Gasteiger partial charge in [-0.25, -0.2) is 4.98 Å². The molecule has 140 valence electrons. The van der Waals surface area contributed by atoms with Crippen LogP contribution >= 0.6 is 11.8 Å². The number of aryl methyl sites for hydroxylation is 1. The molecular formula is C21H18N4O2S. The zero-order chi connectivity index (χ0) is 20.1. The normalized spacial score (nSPS) is 11.5. The van der Waals surface area contributed by atoms with E-state index in [0.717, 1.165) is 17.3 Å². The van der Waals surface area contributed by atoms with Gasteiger partial charge < -0.3 is 10.3 Å². The molecule has 0 radical (unpaired) electrons. The van der Waals surface area contributed by atoms with Crippen molar-refractivity contribution in [2.24, 2.45) is 0 Å². The summed E-state index contributed by atoms with van der Waals surface area (Å²) < 4.78 is 0. The highest BCUT2D eigenvalue weighted by atomic mass is 32.2. The lowest BCUT2D eigenvalue weighted by atomic mass is 10.1. The van der Waals surface area contributed by atoms with Gasteiger partial charge >= 0.3 is 0 Å². The van der Waals surface area contributed by atoms with Crippen LogP contribution in [0.5, 0.6) is 0 Å². The van der Waals surface area contributed by atoms with E-state index >= 15 is 0 Å². The molecule has 0 aliphatic heterocycles. The largest absolute Gasteiger partial charge is 0.325 e. The fourth-order valence-corrected chi connectivity index (χ4v) is 3.32. The predicted molar refractivity (Wildman–Crippen MR) is 110 cm³/mol. The molecule has 0 fully saturated rings. The Bertz CT molecular complexity index is 1090. The Balaban J connectivity index is 1.86. The number of carbonyl (C=O) groups is 1. The Morgan fingerprint density at radius 2 is 1.86 bits per heavy atom. The van der Waals surface area contributed by atoms with Crippen LogP contribution in [0.15, 0.2) is 64.5 Å². The van der Waals surface area contributed by atoms with E-state index in [-0.39, 0.29) is 16.6 Å². The lowest BCUT2D eigenvalue weighted by molar-refractivity contribution is -0.115. The molecule has 2 aromatic carbocycles. The van der Waals surface area contributed by atoms with Gasteiger partial charge in [0.2, 0.25) is 5.91 Å². The topological polar surface area (TPSA) is 98.6 Å². The Labute approximate surface area is 166 Å². The van der Waals surface area contributed by atoms with Gasteiger partial charge in [-0.3, -0.25) is 9.59 Å². The molecule has 0 spiro atoms. The van der Waals surface area contributed by atoms with Crippen molar-refractivity contribution in [2.75, 3.05) is 5.32 Å². The first kappa shape index (κ1) is 19.4. The molecule has 2 N–H and O–H groups in total. The highest BCUT2D eigenvalue weighted by Crippen LogP contribution is 2.25. The van der Waals surface area contributed by atoms with Gasteiger partial charge in [0.1, 0.15) is 11.6 Å². The van der Waals surface area contributed by atoms with Gasteiger partial charge in [-0.2, -0.15) is 5.26 Å². The van der Waals surface area contributed by atoms with Crippen molar-refractivity contribution in [1.29, 1.82) is 5.26 Å². The third-order valence-corrected chi connectivity index (χ3v) is 5.02. The zero-order valence-electron chi connectivity index (χ0n) is 15.4. The van der Waals surface area contributed by atoms with E-state index < -0.39 is 10.8 Å². The van der Waals surface area contributed by atoms with Crippen LogP contribution < -0.4 is 10.9 Å². The highest BCUT2D eigenvalue weighted by molar-refractivity contribution is 8.00. The summed E-state index contributed by atoms with van der Waals surface area (Å²) in [4.78, 5) is 31.8. The number of amides is 1. The van der Waals surface area contributed by atoms with E-state index in [9.17, 15) is 14.9 Å². The Kier molecular flexibility index (Phi) is 5.92. The summed E-state index contributed by atoms with van der Waals surface area (Å²) in [7, 11) is 0. The fourth-order valence-electron chi connectivity index (χ4n) is 2.52. The number of hydrogen-bond donors (Lipinski definition) is 2. The van der Waals surface area contributed by atoms with Gasteiger partial charge in [0.05, 0.1) is 10.9 Å². The van der Waals surface area contributed by atoms with Crippen molar-refractivity contribution in [3.63, 3.8) is 0 Å².